The highest BCUT2D eigenvalue weighted by atomic mass is 79.9. The van der Waals surface area contributed by atoms with Crippen molar-refractivity contribution in [3.8, 4) is 0 Å². The van der Waals surface area contributed by atoms with Crippen LogP contribution in [0, 0.1) is 0 Å². The van der Waals surface area contributed by atoms with Crippen molar-refractivity contribution in [3.63, 3.8) is 0 Å². The summed E-state index contributed by atoms with van der Waals surface area (Å²) in [5.74, 6) is 4.90. The molecule has 0 aliphatic rings. The lowest BCUT2D eigenvalue weighted by atomic mass is 10.2. The predicted molar refractivity (Wildman–Crippen MR) is 48.1 cm³/mol. The Morgan fingerprint density at radius 1 is 1.45 bits per heavy atom. The Kier molecular flexibility index (Phi) is 3.33. The van der Waals surface area contributed by atoms with Crippen LogP contribution in [0.2, 0.25) is 5.02 Å². The van der Waals surface area contributed by atoms with Crippen LogP contribution in [-0.4, -0.2) is 0 Å². The summed E-state index contributed by atoms with van der Waals surface area (Å²) >= 11 is 9.06. The number of hydrogen-bond acceptors (Lipinski definition) is 2. The third-order valence-corrected chi connectivity index (χ3v) is 1.85. The van der Waals surface area contributed by atoms with Gasteiger partial charge in [-0.15, -0.1) is 0 Å². The van der Waals surface area contributed by atoms with E-state index >= 15 is 0 Å². The maximum Gasteiger partial charge on any atom is 0.0930 e. The van der Waals surface area contributed by atoms with Crippen molar-refractivity contribution in [3.05, 3.63) is 33.3 Å². The number of benzene rings is 1. The van der Waals surface area contributed by atoms with Crippen LogP contribution in [0.15, 0.2) is 22.7 Å². The molecule has 0 heterocycles. The molecule has 1 aromatic carbocycles. The van der Waals surface area contributed by atoms with Gasteiger partial charge in [0.05, 0.1) is 6.61 Å². The molecule has 0 spiro atoms. The quantitative estimate of drug-likeness (QED) is 0.801. The van der Waals surface area contributed by atoms with E-state index in [1.807, 2.05) is 12.1 Å². The van der Waals surface area contributed by atoms with Crippen LogP contribution in [0.3, 0.4) is 0 Å². The average Bonchev–Trinajstić information content (AvgIpc) is 1.85. The molecule has 0 aromatic heterocycles. The first-order chi connectivity index (χ1) is 5.22. The molecule has 0 amide bonds. The first-order valence-corrected chi connectivity index (χ1v) is 4.16. The smallest absolute Gasteiger partial charge is 0.0930 e. The molecule has 2 N–H and O–H groups in total. The van der Waals surface area contributed by atoms with Crippen LogP contribution in [0.5, 0.6) is 0 Å². The van der Waals surface area contributed by atoms with E-state index in [2.05, 4.69) is 20.8 Å². The number of hydrogen-bond donors (Lipinski definition) is 1. The van der Waals surface area contributed by atoms with E-state index in [0.29, 0.717) is 11.6 Å². The average molecular weight is 236 g/mol. The van der Waals surface area contributed by atoms with E-state index in [1.165, 1.54) is 0 Å². The maximum absolute atomic E-state index is 5.76. The Morgan fingerprint density at radius 3 is 2.73 bits per heavy atom. The van der Waals surface area contributed by atoms with Gasteiger partial charge in [-0.3, -0.25) is 4.84 Å². The molecule has 0 fully saturated rings. The van der Waals surface area contributed by atoms with Gasteiger partial charge in [-0.05, 0) is 23.8 Å². The van der Waals surface area contributed by atoms with Crippen molar-refractivity contribution in [2.45, 2.75) is 6.61 Å². The summed E-state index contributed by atoms with van der Waals surface area (Å²) in [7, 11) is 0. The Balaban J connectivity index is 2.89. The minimum absolute atomic E-state index is 0.374. The van der Waals surface area contributed by atoms with E-state index in [9.17, 15) is 0 Å². The lowest BCUT2D eigenvalue weighted by molar-refractivity contribution is 0.124. The Hall–Kier alpha value is -0.0900. The minimum Gasteiger partial charge on any atom is -0.300 e. The molecule has 0 radical (unpaired) electrons. The van der Waals surface area contributed by atoms with Gasteiger partial charge in [0.15, 0.2) is 0 Å². The Bertz CT molecular complexity index is 234. The minimum atomic E-state index is 0.374. The first-order valence-electron chi connectivity index (χ1n) is 2.99. The molecule has 60 valence electrons. The lowest BCUT2D eigenvalue weighted by Gasteiger charge is -2.00. The molecule has 0 saturated carbocycles. The van der Waals surface area contributed by atoms with Gasteiger partial charge in [0, 0.05) is 9.50 Å². The lowest BCUT2D eigenvalue weighted by Crippen LogP contribution is -1.98. The van der Waals surface area contributed by atoms with E-state index in [-0.39, 0.29) is 0 Å². The Labute approximate surface area is 78.4 Å². The van der Waals surface area contributed by atoms with Crippen molar-refractivity contribution in [1.29, 1.82) is 0 Å². The highest BCUT2D eigenvalue weighted by Crippen LogP contribution is 2.19. The summed E-state index contributed by atoms with van der Waals surface area (Å²) in [5, 5.41) is 0.673. The van der Waals surface area contributed by atoms with Gasteiger partial charge in [-0.25, -0.2) is 5.90 Å². The molecule has 0 bridgehead atoms. The summed E-state index contributed by atoms with van der Waals surface area (Å²) in [5.41, 5.74) is 0.951. The van der Waals surface area contributed by atoms with Crippen molar-refractivity contribution in [2.24, 2.45) is 5.90 Å². The van der Waals surface area contributed by atoms with Crippen LogP contribution < -0.4 is 5.90 Å². The zero-order valence-electron chi connectivity index (χ0n) is 5.68. The molecule has 4 heteroatoms. The maximum atomic E-state index is 5.76. The molecule has 0 saturated heterocycles. The normalized spacial score (nSPS) is 10.1. The fourth-order valence-corrected chi connectivity index (χ4v) is 1.72. The predicted octanol–water partition coefficient (Wildman–Crippen LogP) is 2.49. The van der Waals surface area contributed by atoms with Crippen LogP contribution >= 0.6 is 27.5 Å². The van der Waals surface area contributed by atoms with Crippen molar-refractivity contribution < 1.29 is 4.84 Å². The molecular formula is C7H7BrClNO. The molecule has 11 heavy (non-hydrogen) atoms. The fourth-order valence-electron chi connectivity index (χ4n) is 0.791. The second-order valence-corrected chi connectivity index (χ2v) is 3.44. The summed E-state index contributed by atoms with van der Waals surface area (Å²) in [6.07, 6.45) is 0. The van der Waals surface area contributed by atoms with Crippen molar-refractivity contribution >= 4 is 27.5 Å². The number of nitrogens with two attached hydrogens (primary N) is 1. The van der Waals surface area contributed by atoms with Gasteiger partial charge in [0.25, 0.3) is 0 Å². The van der Waals surface area contributed by atoms with Crippen LogP contribution in [-0.2, 0) is 11.4 Å². The van der Waals surface area contributed by atoms with E-state index in [0.717, 1.165) is 10.0 Å². The molecule has 2 nitrogen and oxygen atoms in total. The Morgan fingerprint density at radius 2 is 2.18 bits per heavy atom. The van der Waals surface area contributed by atoms with Crippen molar-refractivity contribution in [2.75, 3.05) is 0 Å². The van der Waals surface area contributed by atoms with Crippen LogP contribution in [0.4, 0.5) is 0 Å². The van der Waals surface area contributed by atoms with E-state index in [4.69, 9.17) is 17.5 Å². The van der Waals surface area contributed by atoms with Crippen LogP contribution in [0.1, 0.15) is 5.56 Å². The zero-order valence-corrected chi connectivity index (χ0v) is 8.02. The summed E-state index contributed by atoms with van der Waals surface area (Å²) < 4.78 is 0.928. The molecule has 1 rings (SSSR count). The van der Waals surface area contributed by atoms with Gasteiger partial charge in [0.1, 0.15) is 0 Å². The van der Waals surface area contributed by atoms with Gasteiger partial charge >= 0.3 is 0 Å². The fraction of sp³-hybridized carbons (Fsp3) is 0.143. The molecule has 0 aliphatic heterocycles. The van der Waals surface area contributed by atoms with Crippen molar-refractivity contribution in [1.82, 2.24) is 0 Å². The van der Waals surface area contributed by atoms with Gasteiger partial charge in [-0.1, -0.05) is 27.5 Å². The first kappa shape index (κ1) is 9.00. The van der Waals surface area contributed by atoms with Gasteiger partial charge in [-0.2, -0.15) is 0 Å². The highest BCUT2D eigenvalue weighted by Gasteiger charge is 1.96. The number of rotatable bonds is 2. The van der Waals surface area contributed by atoms with E-state index < -0.39 is 0 Å². The standard InChI is InChI=1S/C7H7BrClNO/c8-6-1-5(4-11-10)2-7(9)3-6/h1-3H,4,10H2. The second-order valence-electron chi connectivity index (χ2n) is 2.09. The van der Waals surface area contributed by atoms with E-state index in [1.54, 1.807) is 6.07 Å². The molecule has 1 aromatic rings. The molecule has 0 unspecified atom stereocenters. The van der Waals surface area contributed by atoms with Gasteiger partial charge < -0.3 is 0 Å². The molecule has 0 aliphatic carbocycles. The summed E-state index contributed by atoms with van der Waals surface area (Å²) in [6, 6.07) is 5.51. The molecule has 0 atom stereocenters. The summed E-state index contributed by atoms with van der Waals surface area (Å²) in [6.45, 7) is 0.374. The SMILES string of the molecule is NOCc1cc(Cl)cc(Br)c1. The molecular weight excluding hydrogens is 229 g/mol. The van der Waals surface area contributed by atoms with Gasteiger partial charge in [0.2, 0.25) is 0 Å². The third-order valence-electron chi connectivity index (χ3n) is 1.17. The largest absolute Gasteiger partial charge is 0.300 e. The monoisotopic (exact) mass is 235 g/mol. The number of halogens is 2. The third kappa shape index (κ3) is 2.79. The topological polar surface area (TPSA) is 35.2 Å². The second kappa shape index (κ2) is 4.07. The zero-order chi connectivity index (χ0) is 8.27. The summed E-state index contributed by atoms with van der Waals surface area (Å²) in [4.78, 5) is 4.46. The highest BCUT2D eigenvalue weighted by molar-refractivity contribution is 9.10. The van der Waals surface area contributed by atoms with Crippen LogP contribution in [0.25, 0.3) is 0 Å².